The minimum Gasteiger partial charge on any atom is -0.507 e. The second kappa shape index (κ2) is 11.2. The van der Waals surface area contributed by atoms with Crippen molar-refractivity contribution in [2.75, 3.05) is 19.8 Å². The number of hydrogen-bond donors (Lipinski definition) is 1. The summed E-state index contributed by atoms with van der Waals surface area (Å²) in [6, 6.07) is 11.4. The number of aliphatic hydroxyl groups is 1. The molecule has 1 unspecified atom stereocenters. The molecular formula is C25H27BrClNO5. The van der Waals surface area contributed by atoms with Crippen molar-refractivity contribution >= 4 is 45.0 Å². The number of benzene rings is 2. The van der Waals surface area contributed by atoms with E-state index in [2.05, 4.69) is 15.9 Å². The summed E-state index contributed by atoms with van der Waals surface area (Å²) >= 11 is 9.75. The highest BCUT2D eigenvalue weighted by Crippen LogP contribution is 2.41. The van der Waals surface area contributed by atoms with Crippen molar-refractivity contribution in [3.63, 3.8) is 0 Å². The molecule has 0 radical (unpaired) electrons. The third kappa shape index (κ3) is 5.78. The largest absolute Gasteiger partial charge is 0.507 e. The number of aliphatic hydroxyl groups excluding tert-OH is 1. The van der Waals surface area contributed by atoms with Gasteiger partial charge in [-0.3, -0.25) is 9.59 Å². The number of amides is 1. The first-order valence-electron chi connectivity index (χ1n) is 10.8. The van der Waals surface area contributed by atoms with Crippen molar-refractivity contribution in [3.8, 4) is 5.75 Å². The second-order valence-corrected chi connectivity index (χ2v) is 9.22. The highest BCUT2D eigenvalue weighted by atomic mass is 79.9. The lowest BCUT2D eigenvalue weighted by atomic mass is 9.95. The van der Waals surface area contributed by atoms with Crippen LogP contribution in [0.2, 0.25) is 5.02 Å². The maximum atomic E-state index is 13.1. The van der Waals surface area contributed by atoms with Gasteiger partial charge < -0.3 is 19.5 Å². The van der Waals surface area contributed by atoms with E-state index in [4.69, 9.17) is 21.1 Å². The van der Waals surface area contributed by atoms with E-state index in [0.29, 0.717) is 48.1 Å². The number of ether oxygens (including phenoxy) is 2. The monoisotopic (exact) mass is 535 g/mol. The summed E-state index contributed by atoms with van der Waals surface area (Å²) in [4.78, 5) is 27.6. The van der Waals surface area contributed by atoms with Crippen molar-refractivity contribution in [2.45, 2.75) is 39.3 Å². The fraction of sp³-hybridized carbons (Fsp3) is 0.360. The quantitative estimate of drug-likeness (QED) is 0.191. The number of hydrogen-bond acceptors (Lipinski definition) is 5. The van der Waals surface area contributed by atoms with E-state index < -0.39 is 17.7 Å². The van der Waals surface area contributed by atoms with Crippen LogP contribution in [0.1, 0.15) is 44.4 Å². The molecule has 1 atom stereocenters. The Morgan fingerprint density at radius 2 is 1.97 bits per heavy atom. The molecule has 176 valence electrons. The van der Waals surface area contributed by atoms with E-state index in [1.807, 2.05) is 45.0 Å². The number of Topliss-reactive ketones (excluding diaryl/α,β-unsaturated/α-hetero) is 1. The third-order valence-corrected chi connectivity index (χ3v) is 5.99. The smallest absolute Gasteiger partial charge is 0.295 e. The van der Waals surface area contributed by atoms with Crippen LogP contribution in [0.15, 0.2) is 52.5 Å². The number of carbonyl (C=O) groups is 2. The molecule has 8 heteroatoms. The van der Waals surface area contributed by atoms with E-state index in [9.17, 15) is 14.7 Å². The van der Waals surface area contributed by atoms with Crippen LogP contribution in [0, 0.1) is 0 Å². The van der Waals surface area contributed by atoms with Crippen LogP contribution in [-0.4, -0.2) is 47.6 Å². The molecule has 1 amide bonds. The Bertz CT molecular complexity index is 1070. The first-order chi connectivity index (χ1) is 15.7. The van der Waals surface area contributed by atoms with Crippen LogP contribution < -0.4 is 4.74 Å². The Kier molecular flexibility index (Phi) is 8.57. The molecule has 3 rings (SSSR count). The number of ketones is 1. The van der Waals surface area contributed by atoms with E-state index in [1.165, 1.54) is 11.0 Å². The molecule has 1 N–H and O–H groups in total. The summed E-state index contributed by atoms with van der Waals surface area (Å²) in [6.45, 7) is 6.94. The van der Waals surface area contributed by atoms with Gasteiger partial charge in [0, 0.05) is 23.2 Å². The predicted molar refractivity (Wildman–Crippen MR) is 131 cm³/mol. The van der Waals surface area contributed by atoms with Gasteiger partial charge in [0.25, 0.3) is 11.7 Å². The lowest BCUT2D eigenvalue weighted by Gasteiger charge is -2.25. The molecule has 1 aliphatic heterocycles. The van der Waals surface area contributed by atoms with Gasteiger partial charge in [-0.25, -0.2) is 0 Å². The van der Waals surface area contributed by atoms with Gasteiger partial charge >= 0.3 is 0 Å². The zero-order valence-corrected chi connectivity index (χ0v) is 21.1. The summed E-state index contributed by atoms with van der Waals surface area (Å²) in [7, 11) is 0. The molecule has 33 heavy (non-hydrogen) atoms. The maximum Gasteiger partial charge on any atom is 0.295 e. The fourth-order valence-corrected chi connectivity index (χ4v) is 4.42. The zero-order chi connectivity index (χ0) is 24.1. The molecule has 1 aliphatic rings. The zero-order valence-electron chi connectivity index (χ0n) is 18.8. The molecule has 0 saturated carbocycles. The number of rotatable bonds is 9. The normalized spacial score (nSPS) is 17.8. The van der Waals surface area contributed by atoms with Gasteiger partial charge in [-0.15, -0.1) is 0 Å². The van der Waals surface area contributed by atoms with Crippen molar-refractivity contribution in [1.82, 2.24) is 4.90 Å². The standard InChI is InChI=1S/C25H27BrClNO5/c1-4-32-20-10-9-17(14-19(20)27)23(29)21-22(16-7-5-8-18(26)13-16)28(25(31)24(21)30)11-6-12-33-15(2)3/h5,7-10,13-15,22,29H,4,6,11-12H2,1-3H3. The summed E-state index contributed by atoms with van der Waals surface area (Å²) in [6.07, 6.45) is 0.635. The molecule has 1 fully saturated rings. The summed E-state index contributed by atoms with van der Waals surface area (Å²) < 4.78 is 11.8. The highest BCUT2D eigenvalue weighted by Gasteiger charge is 2.45. The lowest BCUT2D eigenvalue weighted by Crippen LogP contribution is -2.31. The molecule has 1 saturated heterocycles. The topological polar surface area (TPSA) is 76.1 Å². The van der Waals surface area contributed by atoms with Crippen molar-refractivity contribution < 1.29 is 24.2 Å². The molecule has 0 aromatic heterocycles. The third-order valence-electron chi connectivity index (χ3n) is 5.20. The molecular weight excluding hydrogens is 510 g/mol. The van der Waals surface area contributed by atoms with Crippen molar-refractivity contribution in [3.05, 3.63) is 68.7 Å². The van der Waals surface area contributed by atoms with Crippen molar-refractivity contribution in [2.24, 2.45) is 0 Å². The van der Waals surface area contributed by atoms with Gasteiger partial charge in [0.05, 0.1) is 29.3 Å². The Balaban J connectivity index is 2.04. The van der Waals surface area contributed by atoms with Crippen LogP contribution in [0.25, 0.3) is 5.76 Å². The van der Waals surface area contributed by atoms with Crippen LogP contribution in [0.5, 0.6) is 5.75 Å². The second-order valence-electron chi connectivity index (χ2n) is 7.90. The average Bonchev–Trinajstić information content (AvgIpc) is 3.02. The number of carbonyl (C=O) groups excluding carboxylic acids is 2. The van der Waals surface area contributed by atoms with Gasteiger partial charge in [0.1, 0.15) is 11.5 Å². The van der Waals surface area contributed by atoms with E-state index in [0.717, 1.165) is 4.47 Å². The van der Waals surface area contributed by atoms with Gasteiger partial charge in [0.2, 0.25) is 0 Å². The van der Waals surface area contributed by atoms with E-state index >= 15 is 0 Å². The number of likely N-dealkylation sites (tertiary alicyclic amines) is 1. The highest BCUT2D eigenvalue weighted by molar-refractivity contribution is 9.10. The molecule has 2 aromatic carbocycles. The summed E-state index contributed by atoms with van der Waals surface area (Å²) in [5.41, 5.74) is 1.08. The van der Waals surface area contributed by atoms with E-state index in [-0.39, 0.29) is 17.4 Å². The summed E-state index contributed by atoms with van der Waals surface area (Å²) in [5.74, 6) is -1.18. The van der Waals surface area contributed by atoms with Crippen molar-refractivity contribution in [1.29, 1.82) is 0 Å². The van der Waals surface area contributed by atoms with Crippen LogP contribution >= 0.6 is 27.5 Å². The predicted octanol–water partition coefficient (Wildman–Crippen LogP) is 5.74. The summed E-state index contributed by atoms with van der Waals surface area (Å²) in [5, 5.41) is 11.5. The minimum atomic E-state index is -0.730. The van der Waals surface area contributed by atoms with Gasteiger partial charge in [-0.05, 0) is 63.1 Å². The molecule has 2 aromatic rings. The Morgan fingerprint density at radius 1 is 1.21 bits per heavy atom. The molecule has 0 bridgehead atoms. The molecule has 0 spiro atoms. The maximum absolute atomic E-state index is 13.1. The van der Waals surface area contributed by atoms with Gasteiger partial charge in [-0.2, -0.15) is 0 Å². The first kappa shape index (κ1) is 25.3. The van der Waals surface area contributed by atoms with Crippen LogP contribution in [0.4, 0.5) is 0 Å². The minimum absolute atomic E-state index is 0.0307. The van der Waals surface area contributed by atoms with Crippen LogP contribution in [0.3, 0.4) is 0 Å². The Labute approximate surface area is 207 Å². The number of halogens is 2. The molecule has 6 nitrogen and oxygen atoms in total. The van der Waals surface area contributed by atoms with E-state index in [1.54, 1.807) is 12.1 Å². The Hall–Kier alpha value is -2.35. The van der Waals surface area contributed by atoms with Gasteiger partial charge in [0.15, 0.2) is 0 Å². The van der Waals surface area contributed by atoms with Crippen LogP contribution in [-0.2, 0) is 14.3 Å². The Morgan fingerprint density at radius 3 is 2.61 bits per heavy atom. The first-order valence-corrected chi connectivity index (χ1v) is 12.0. The molecule has 1 heterocycles. The van der Waals surface area contributed by atoms with Gasteiger partial charge in [-0.1, -0.05) is 39.7 Å². The molecule has 0 aliphatic carbocycles. The lowest BCUT2D eigenvalue weighted by molar-refractivity contribution is -0.140. The fourth-order valence-electron chi connectivity index (χ4n) is 3.76. The average molecular weight is 537 g/mol. The number of nitrogens with zero attached hydrogens (tertiary/aromatic N) is 1. The SMILES string of the molecule is CCOc1ccc(C(O)=C2C(=O)C(=O)N(CCCOC(C)C)C2c2cccc(Br)c2)cc1Cl.